The Morgan fingerprint density at radius 1 is 0.630 bits per heavy atom. The van der Waals surface area contributed by atoms with Gasteiger partial charge in [-0.1, -0.05) is 111 Å². The monoisotopic (exact) mass is 381 g/mol. The molecule has 0 amide bonds. The number of carbonyl (C=O) groups is 1. The normalized spacial score (nSPS) is 12.6. The smallest absolute Gasteiger partial charge is 0.149 e. The summed E-state index contributed by atoms with van der Waals surface area (Å²) >= 11 is 0. The molecule has 27 heavy (non-hydrogen) atoms. The number of ketones is 1. The van der Waals surface area contributed by atoms with Crippen molar-refractivity contribution in [2.24, 2.45) is 0 Å². The van der Waals surface area contributed by atoms with Gasteiger partial charge in [0.1, 0.15) is 5.78 Å². The van der Waals surface area contributed by atoms with Gasteiger partial charge in [0.05, 0.1) is 6.04 Å². The zero-order valence-electron chi connectivity index (χ0n) is 19.4. The van der Waals surface area contributed by atoms with E-state index in [1.165, 1.54) is 89.9 Å². The second-order valence-electron chi connectivity index (χ2n) is 8.47. The first-order valence-electron chi connectivity index (χ1n) is 12.4. The molecule has 2 heteroatoms. The number of likely N-dealkylation sites (N-methyl/N-ethyl adjacent to an activating group) is 1. The molecular formula is C25H51NO. The summed E-state index contributed by atoms with van der Waals surface area (Å²) in [6.07, 6.45) is 22.6. The maximum atomic E-state index is 12.3. The minimum Gasteiger partial charge on any atom is -0.298 e. The van der Waals surface area contributed by atoms with Crippen LogP contribution in [0.25, 0.3) is 0 Å². The molecule has 1 atom stereocenters. The van der Waals surface area contributed by atoms with Gasteiger partial charge in [-0.15, -0.1) is 0 Å². The third-order valence-electron chi connectivity index (χ3n) is 5.96. The fourth-order valence-corrected chi connectivity index (χ4v) is 4.00. The lowest BCUT2D eigenvalue weighted by Gasteiger charge is -2.26. The summed E-state index contributed by atoms with van der Waals surface area (Å²) < 4.78 is 0. The van der Waals surface area contributed by atoms with Crippen molar-refractivity contribution in [2.45, 2.75) is 143 Å². The number of hydrogen-bond donors (Lipinski definition) is 0. The van der Waals surface area contributed by atoms with E-state index < -0.39 is 0 Å². The van der Waals surface area contributed by atoms with E-state index in [1.54, 1.807) is 0 Å². The highest BCUT2D eigenvalue weighted by Crippen LogP contribution is 2.14. The van der Waals surface area contributed by atoms with Gasteiger partial charge in [0, 0.05) is 6.42 Å². The molecule has 0 bridgehead atoms. The molecular weight excluding hydrogens is 330 g/mol. The molecule has 0 aromatic rings. The summed E-state index contributed by atoms with van der Waals surface area (Å²) in [6.45, 7) is 10.8. The molecule has 0 rings (SSSR count). The number of nitrogens with zero attached hydrogens (tertiary/aromatic N) is 1. The van der Waals surface area contributed by atoms with Crippen LogP contribution in [-0.2, 0) is 4.79 Å². The van der Waals surface area contributed by atoms with E-state index in [0.717, 1.165) is 32.4 Å². The minimum atomic E-state index is 0.113. The van der Waals surface area contributed by atoms with Crippen molar-refractivity contribution < 1.29 is 4.79 Å². The highest BCUT2D eigenvalue weighted by Gasteiger charge is 2.18. The van der Waals surface area contributed by atoms with Crippen LogP contribution in [-0.4, -0.2) is 29.8 Å². The predicted octanol–water partition coefficient (Wildman–Crippen LogP) is 7.94. The van der Waals surface area contributed by atoms with E-state index >= 15 is 0 Å². The predicted molar refractivity (Wildman–Crippen MR) is 122 cm³/mol. The van der Waals surface area contributed by atoms with E-state index in [9.17, 15) is 4.79 Å². The number of Topliss-reactive ketones (excluding diaryl/α,β-unsaturated/α-hetero) is 1. The van der Waals surface area contributed by atoms with E-state index in [1.807, 2.05) is 0 Å². The molecule has 0 spiro atoms. The van der Waals surface area contributed by atoms with Gasteiger partial charge in [0.15, 0.2) is 0 Å². The molecule has 2 nitrogen and oxygen atoms in total. The molecule has 0 saturated heterocycles. The summed E-state index contributed by atoms with van der Waals surface area (Å²) in [7, 11) is 0. The van der Waals surface area contributed by atoms with Crippen LogP contribution < -0.4 is 0 Å². The Morgan fingerprint density at radius 2 is 1.04 bits per heavy atom. The zero-order chi connectivity index (χ0) is 20.2. The molecule has 1 unspecified atom stereocenters. The molecule has 0 aliphatic heterocycles. The molecule has 0 aromatic heterocycles. The van der Waals surface area contributed by atoms with Crippen LogP contribution in [0.4, 0.5) is 0 Å². The van der Waals surface area contributed by atoms with E-state index in [0.29, 0.717) is 5.78 Å². The Hall–Kier alpha value is -0.370. The van der Waals surface area contributed by atoms with Crippen molar-refractivity contribution in [1.82, 2.24) is 4.90 Å². The lowest BCUT2D eigenvalue weighted by atomic mass is 10.0. The number of rotatable bonds is 21. The van der Waals surface area contributed by atoms with E-state index in [-0.39, 0.29) is 6.04 Å². The molecule has 0 heterocycles. The lowest BCUT2D eigenvalue weighted by Crippen LogP contribution is -2.39. The first-order chi connectivity index (χ1) is 13.2. The molecule has 0 fully saturated rings. The molecule has 162 valence electrons. The van der Waals surface area contributed by atoms with Crippen molar-refractivity contribution in [3.05, 3.63) is 0 Å². The molecule has 0 radical (unpaired) electrons. The molecule has 0 saturated carbocycles. The first-order valence-corrected chi connectivity index (χ1v) is 12.4. The maximum Gasteiger partial charge on any atom is 0.149 e. The van der Waals surface area contributed by atoms with Gasteiger partial charge in [-0.25, -0.2) is 0 Å². The Labute approximate surface area is 171 Å². The Balaban J connectivity index is 3.36. The summed E-state index contributed by atoms with van der Waals surface area (Å²) in [5.74, 6) is 0.444. The van der Waals surface area contributed by atoms with Crippen LogP contribution in [0.3, 0.4) is 0 Å². The van der Waals surface area contributed by atoms with Crippen LogP contribution >= 0.6 is 0 Å². The molecule has 0 aromatic carbocycles. The van der Waals surface area contributed by atoms with Crippen molar-refractivity contribution in [3.63, 3.8) is 0 Å². The van der Waals surface area contributed by atoms with Crippen molar-refractivity contribution in [1.29, 1.82) is 0 Å². The summed E-state index contributed by atoms with van der Waals surface area (Å²) in [5.41, 5.74) is 0. The topological polar surface area (TPSA) is 20.3 Å². The largest absolute Gasteiger partial charge is 0.298 e. The second-order valence-corrected chi connectivity index (χ2v) is 8.47. The highest BCUT2D eigenvalue weighted by molar-refractivity contribution is 5.83. The zero-order valence-corrected chi connectivity index (χ0v) is 19.4. The van der Waals surface area contributed by atoms with Crippen LogP contribution in [0, 0.1) is 0 Å². The fraction of sp³-hybridized carbons (Fsp3) is 0.960. The average molecular weight is 382 g/mol. The van der Waals surface area contributed by atoms with Crippen LogP contribution in [0.15, 0.2) is 0 Å². The Bertz CT molecular complexity index is 315. The van der Waals surface area contributed by atoms with Gasteiger partial charge < -0.3 is 0 Å². The third-order valence-corrected chi connectivity index (χ3v) is 5.96. The van der Waals surface area contributed by atoms with Crippen LogP contribution in [0.2, 0.25) is 0 Å². The SMILES string of the molecule is CCCCCCCCCCCCCCCCCC(=O)C(C)N(CC)CCC. The fourth-order valence-electron chi connectivity index (χ4n) is 4.00. The van der Waals surface area contributed by atoms with Crippen molar-refractivity contribution >= 4 is 5.78 Å². The van der Waals surface area contributed by atoms with Gasteiger partial charge in [-0.2, -0.15) is 0 Å². The summed E-state index contributed by atoms with van der Waals surface area (Å²) in [6, 6.07) is 0.113. The standard InChI is InChI=1S/C25H51NO/c1-5-8-9-10-11-12-13-14-15-16-17-18-19-20-21-22-25(27)24(4)26(7-3)23-6-2/h24H,5-23H2,1-4H3. The Kier molecular flexibility index (Phi) is 20.1. The van der Waals surface area contributed by atoms with Gasteiger partial charge in [0.25, 0.3) is 0 Å². The molecule has 0 aliphatic rings. The number of carbonyl (C=O) groups excluding carboxylic acids is 1. The quantitative estimate of drug-likeness (QED) is 0.188. The van der Waals surface area contributed by atoms with Gasteiger partial charge >= 0.3 is 0 Å². The maximum absolute atomic E-state index is 12.3. The average Bonchev–Trinajstić information content (AvgIpc) is 2.68. The molecule has 0 N–H and O–H groups in total. The van der Waals surface area contributed by atoms with Crippen molar-refractivity contribution in [2.75, 3.05) is 13.1 Å². The molecule has 0 aliphatic carbocycles. The van der Waals surface area contributed by atoms with Crippen LogP contribution in [0.1, 0.15) is 137 Å². The Morgan fingerprint density at radius 3 is 1.41 bits per heavy atom. The van der Waals surface area contributed by atoms with Gasteiger partial charge in [-0.05, 0) is 32.9 Å². The minimum absolute atomic E-state index is 0.113. The highest BCUT2D eigenvalue weighted by atomic mass is 16.1. The second kappa shape index (κ2) is 20.4. The third kappa shape index (κ3) is 16.3. The number of hydrogen-bond acceptors (Lipinski definition) is 2. The lowest BCUT2D eigenvalue weighted by molar-refractivity contribution is -0.123. The van der Waals surface area contributed by atoms with Crippen molar-refractivity contribution in [3.8, 4) is 0 Å². The van der Waals surface area contributed by atoms with Gasteiger partial charge in [0.2, 0.25) is 0 Å². The van der Waals surface area contributed by atoms with Gasteiger partial charge in [-0.3, -0.25) is 9.69 Å². The first kappa shape index (κ1) is 26.6. The van der Waals surface area contributed by atoms with E-state index in [4.69, 9.17) is 0 Å². The van der Waals surface area contributed by atoms with Crippen LogP contribution in [0.5, 0.6) is 0 Å². The summed E-state index contributed by atoms with van der Waals surface area (Å²) in [4.78, 5) is 14.6. The van der Waals surface area contributed by atoms with E-state index in [2.05, 4.69) is 32.6 Å². The number of unbranched alkanes of at least 4 members (excludes halogenated alkanes) is 14. The summed E-state index contributed by atoms with van der Waals surface area (Å²) in [5, 5.41) is 0.